The van der Waals surface area contributed by atoms with Crippen LogP contribution in [-0.2, 0) is 14.2 Å². The molecule has 1 atom stereocenters. The normalized spacial score (nSPS) is 19.1. The number of rotatable bonds is 7. The average Bonchev–Trinajstić information content (AvgIpc) is 2.84. The number of amides is 1. The Hall–Kier alpha value is -0.850. The molecule has 1 aliphatic rings. The van der Waals surface area contributed by atoms with Gasteiger partial charge in [0, 0.05) is 39.4 Å². The van der Waals surface area contributed by atoms with Gasteiger partial charge in [0.2, 0.25) is 0 Å². The van der Waals surface area contributed by atoms with Gasteiger partial charge in [-0.25, -0.2) is 4.79 Å². The van der Waals surface area contributed by atoms with Crippen molar-refractivity contribution >= 4 is 6.09 Å². The summed E-state index contributed by atoms with van der Waals surface area (Å²) in [6.45, 7) is 9.56. The first-order chi connectivity index (χ1) is 9.42. The minimum absolute atomic E-state index is 0.293. The SMILES string of the molecule is COCCN(CCNC1CCOC1)C(=O)OC(C)(C)C. The minimum Gasteiger partial charge on any atom is -0.444 e. The standard InChI is InChI=1S/C14H28N2O4/c1-14(2,3)20-13(17)16(8-10-18-4)7-6-15-12-5-9-19-11-12/h12,15H,5-11H2,1-4H3. The zero-order valence-corrected chi connectivity index (χ0v) is 13.1. The van der Waals surface area contributed by atoms with Crippen LogP contribution in [0.15, 0.2) is 0 Å². The number of hydrogen-bond acceptors (Lipinski definition) is 5. The lowest BCUT2D eigenvalue weighted by molar-refractivity contribution is 0.0203. The Balaban J connectivity index is 2.35. The number of hydrogen-bond donors (Lipinski definition) is 1. The van der Waals surface area contributed by atoms with Crippen molar-refractivity contribution in [2.45, 2.75) is 38.8 Å². The summed E-state index contributed by atoms with van der Waals surface area (Å²) in [6, 6.07) is 0.401. The molecular formula is C14H28N2O4. The maximum absolute atomic E-state index is 12.1. The van der Waals surface area contributed by atoms with Crippen molar-refractivity contribution in [2.75, 3.05) is 46.6 Å². The monoisotopic (exact) mass is 288 g/mol. The molecule has 0 spiro atoms. The Morgan fingerprint density at radius 3 is 2.70 bits per heavy atom. The van der Waals surface area contributed by atoms with Crippen LogP contribution < -0.4 is 5.32 Å². The summed E-state index contributed by atoms with van der Waals surface area (Å²) < 4.78 is 15.7. The maximum atomic E-state index is 12.1. The molecule has 0 radical (unpaired) electrons. The van der Waals surface area contributed by atoms with Crippen molar-refractivity contribution < 1.29 is 19.0 Å². The molecule has 0 aliphatic carbocycles. The largest absolute Gasteiger partial charge is 0.444 e. The molecule has 0 bridgehead atoms. The first kappa shape index (κ1) is 17.2. The van der Waals surface area contributed by atoms with E-state index in [0.29, 0.717) is 25.7 Å². The van der Waals surface area contributed by atoms with E-state index in [4.69, 9.17) is 14.2 Å². The zero-order chi connectivity index (χ0) is 15.0. The molecule has 0 aromatic rings. The van der Waals surface area contributed by atoms with Gasteiger partial charge in [0.05, 0.1) is 13.2 Å². The molecule has 1 fully saturated rings. The number of carbonyl (C=O) groups excluding carboxylic acids is 1. The maximum Gasteiger partial charge on any atom is 0.410 e. The van der Waals surface area contributed by atoms with Gasteiger partial charge in [-0.1, -0.05) is 0 Å². The Bertz CT molecular complexity index is 285. The van der Waals surface area contributed by atoms with Gasteiger partial charge in [-0.15, -0.1) is 0 Å². The molecule has 0 aromatic carbocycles. The van der Waals surface area contributed by atoms with Crippen LogP contribution in [0.1, 0.15) is 27.2 Å². The van der Waals surface area contributed by atoms with Crippen LogP contribution in [-0.4, -0.2) is 69.2 Å². The van der Waals surface area contributed by atoms with Crippen LogP contribution in [0.25, 0.3) is 0 Å². The lowest BCUT2D eigenvalue weighted by atomic mass is 10.2. The molecule has 1 aliphatic heterocycles. The van der Waals surface area contributed by atoms with E-state index in [0.717, 1.165) is 26.2 Å². The van der Waals surface area contributed by atoms with Crippen LogP contribution in [0.5, 0.6) is 0 Å². The van der Waals surface area contributed by atoms with Crippen LogP contribution >= 0.6 is 0 Å². The first-order valence-electron chi connectivity index (χ1n) is 7.20. The van der Waals surface area contributed by atoms with Crippen molar-refractivity contribution in [1.82, 2.24) is 10.2 Å². The summed E-state index contributed by atoms with van der Waals surface area (Å²) in [5.41, 5.74) is -0.477. The van der Waals surface area contributed by atoms with E-state index >= 15 is 0 Å². The van der Waals surface area contributed by atoms with Crippen LogP contribution in [0.4, 0.5) is 4.79 Å². The molecule has 118 valence electrons. The summed E-state index contributed by atoms with van der Waals surface area (Å²) in [6.07, 6.45) is 0.740. The Labute approximate surface area is 121 Å². The number of ether oxygens (including phenoxy) is 3. The highest BCUT2D eigenvalue weighted by Crippen LogP contribution is 2.10. The number of nitrogens with zero attached hydrogens (tertiary/aromatic N) is 1. The van der Waals surface area contributed by atoms with Crippen LogP contribution in [0, 0.1) is 0 Å². The molecule has 1 unspecified atom stereocenters. The minimum atomic E-state index is -0.477. The average molecular weight is 288 g/mol. The van der Waals surface area contributed by atoms with Gasteiger partial charge in [0.1, 0.15) is 5.60 Å². The summed E-state index contributed by atoms with van der Waals surface area (Å²) in [5, 5.41) is 3.39. The Kier molecular flexibility index (Phi) is 7.26. The smallest absolute Gasteiger partial charge is 0.410 e. The van der Waals surface area contributed by atoms with Gasteiger partial charge in [-0.2, -0.15) is 0 Å². The zero-order valence-electron chi connectivity index (χ0n) is 13.1. The van der Waals surface area contributed by atoms with Crippen molar-refractivity contribution in [3.05, 3.63) is 0 Å². The fraction of sp³-hybridized carbons (Fsp3) is 0.929. The predicted molar refractivity (Wildman–Crippen MR) is 76.9 cm³/mol. The molecule has 0 aromatic heterocycles. The predicted octanol–water partition coefficient (Wildman–Crippen LogP) is 1.25. The topological polar surface area (TPSA) is 60.0 Å². The lowest BCUT2D eigenvalue weighted by Gasteiger charge is -2.27. The third kappa shape index (κ3) is 7.07. The molecule has 1 N–H and O–H groups in total. The van der Waals surface area contributed by atoms with Crippen molar-refractivity contribution in [3.8, 4) is 0 Å². The van der Waals surface area contributed by atoms with E-state index in [1.54, 1.807) is 12.0 Å². The summed E-state index contributed by atoms with van der Waals surface area (Å²) >= 11 is 0. The molecule has 0 saturated carbocycles. The number of nitrogens with one attached hydrogen (secondary N) is 1. The van der Waals surface area contributed by atoms with Gasteiger partial charge in [-0.05, 0) is 27.2 Å². The van der Waals surface area contributed by atoms with E-state index in [2.05, 4.69) is 5.32 Å². The highest BCUT2D eigenvalue weighted by molar-refractivity contribution is 5.68. The molecule has 1 heterocycles. The number of carbonyl (C=O) groups is 1. The molecule has 6 nitrogen and oxygen atoms in total. The van der Waals surface area contributed by atoms with Crippen molar-refractivity contribution in [1.29, 1.82) is 0 Å². The molecule has 1 saturated heterocycles. The Morgan fingerprint density at radius 1 is 1.40 bits per heavy atom. The van der Waals surface area contributed by atoms with Gasteiger partial charge < -0.3 is 24.4 Å². The van der Waals surface area contributed by atoms with E-state index in [1.165, 1.54) is 0 Å². The summed E-state index contributed by atoms with van der Waals surface area (Å²) in [4.78, 5) is 13.8. The highest BCUT2D eigenvalue weighted by atomic mass is 16.6. The summed E-state index contributed by atoms with van der Waals surface area (Å²) in [7, 11) is 1.63. The third-order valence-electron chi connectivity index (χ3n) is 2.96. The fourth-order valence-electron chi connectivity index (χ4n) is 1.92. The first-order valence-corrected chi connectivity index (χ1v) is 7.20. The van der Waals surface area contributed by atoms with Gasteiger partial charge in [0.15, 0.2) is 0 Å². The third-order valence-corrected chi connectivity index (χ3v) is 2.96. The van der Waals surface area contributed by atoms with Crippen molar-refractivity contribution in [3.63, 3.8) is 0 Å². The van der Waals surface area contributed by atoms with Crippen LogP contribution in [0.3, 0.4) is 0 Å². The second-order valence-corrected chi connectivity index (χ2v) is 5.97. The lowest BCUT2D eigenvalue weighted by Crippen LogP contribution is -2.43. The molecular weight excluding hydrogens is 260 g/mol. The van der Waals surface area contributed by atoms with E-state index < -0.39 is 5.60 Å². The fourth-order valence-corrected chi connectivity index (χ4v) is 1.92. The van der Waals surface area contributed by atoms with Crippen LogP contribution in [0.2, 0.25) is 0 Å². The molecule has 6 heteroatoms. The van der Waals surface area contributed by atoms with Gasteiger partial charge in [0.25, 0.3) is 0 Å². The molecule has 1 amide bonds. The molecule has 1 rings (SSSR count). The van der Waals surface area contributed by atoms with E-state index in [1.807, 2.05) is 20.8 Å². The number of methoxy groups -OCH3 is 1. The summed E-state index contributed by atoms with van der Waals surface area (Å²) in [5.74, 6) is 0. The van der Waals surface area contributed by atoms with Gasteiger partial charge in [-0.3, -0.25) is 0 Å². The van der Waals surface area contributed by atoms with E-state index in [9.17, 15) is 4.79 Å². The quantitative estimate of drug-likeness (QED) is 0.764. The second-order valence-electron chi connectivity index (χ2n) is 5.97. The van der Waals surface area contributed by atoms with Gasteiger partial charge >= 0.3 is 6.09 Å². The second kappa shape index (κ2) is 8.44. The van der Waals surface area contributed by atoms with Crippen molar-refractivity contribution in [2.24, 2.45) is 0 Å². The highest BCUT2D eigenvalue weighted by Gasteiger charge is 2.22. The van der Waals surface area contributed by atoms with E-state index in [-0.39, 0.29) is 6.09 Å². The Morgan fingerprint density at radius 2 is 2.15 bits per heavy atom. The molecule has 20 heavy (non-hydrogen) atoms.